The van der Waals surface area contributed by atoms with Crippen LogP contribution < -0.4 is 16.6 Å². The molecule has 0 radical (unpaired) electrons. The number of carbonyl (C=O) groups excluding carboxylic acids is 2. The van der Waals surface area contributed by atoms with Crippen molar-refractivity contribution in [3.63, 3.8) is 0 Å². The maximum Gasteiger partial charge on any atom is 0.253 e. The molecule has 1 amide bonds. The molecule has 0 spiro atoms. The highest BCUT2D eigenvalue weighted by Gasteiger charge is 2.07. The van der Waals surface area contributed by atoms with E-state index in [0.29, 0.717) is 11.3 Å². The second-order valence-corrected chi connectivity index (χ2v) is 7.46. The lowest BCUT2D eigenvalue weighted by Gasteiger charge is -2.06. The number of hydrogen-bond acceptors (Lipinski definition) is 6. The molecule has 0 bridgehead atoms. The predicted octanol–water partition coefficient (Wildman–Crippen LogP) is 3.29. The molecule has 30 heavy (non-hydrogen) atoms. The Balaban J connectivity index is 1.54. The summed E-state index contributed by atoms with van der Waals surface area (Å²) in [5.74, 6) is -0.255. The quantitative estimate of drug-likeness (QED) is 0.234. The topological polar surface area (TPSA) is 118 Å². The molecule has 1 heterocycles. The van der Waals surface area contributed by atoms with Crippen molar-refractivity contribution in [2.24, 2.45) is 0 Å². The average Bonchev–Trinajstić information content (AvgIpc) is 2.71. The molecule has 3 rings (SSSR count). The van der Waals surface area contributed by atoms with Crippen molar-refractivity contribution in [2.45, 2.75) is 12.1 Å². The smallest absolute Gasteiger partial charge is 0.253 e. The minimum atomic E-state index is -0.373. The van der Waals surface area contributed by atoms with Crippen molar-refractivity contribution in [2.75, 3.05) is 16.8 Å². The minimum absolute atomic E-state index is 0.0480. The summed E-state index contributed by atoms with van der Waals surface area (Å²) in [7, 11) is 0. The van der Waals surface area contributed by atoms with Crippen LogP contribution in [0.1, 0.15) is 21.5 Å². The molecule has 0 unspecified atom stereocenters. The molecule has 0 aliphatic heterocycles. The number of carbonyl (C=O) groups is 2. The Labute approximate surface area is 177 Å². The van der Waals surface area contributed by atoms with Crippen molar-refractivity contribution < 1.29 is 9.59 Å². The summed E-state index contributed by atoms with van der Waals surface area (Å²) in [5.41, 5.74) is 8.33. The SMILES string of the molecule is Cc1ccc(/C=C/C(=O)c2ccc(NC(=O)CSc3nc(N)cc(=O)[nH]3)cc2)cc1. The van der Waals surface area contributed by atoms with Crippen molar-refractivity contribution in [3.05, 3.63) is 87.7 Å². The van der Waals surface area contributed by atoms with Gasteiger partial charge in [0.05, 0.1) is 5.75 Å². The molecule has 0 aliphatic carbocycles. The third kappa shape index (κ3) is 6.18. The zero-order valence-corrected chi connectivity index (χ0v) is 17.0. The number of rotatable bonds is 7. The number of amides is 1. The van der Waals surface area contributed by atoms with Crippen LogP contribution in [0.3, 0.4) is 0 Å². The van der Waals surface area contributed by atoms with Crippen LogP contribution in [-0.2, 0) is 4.79 Å². The first-order valence-corrected chi connectivity index (χ1v) is 10.1. The van der Waals surface area contributed by atoms with Crippen LogP contribution in [0.4, 0.5) is 11.5 Å². The van der Waals surface area contributed by atoms with Gasteiger partial charge in [-0.2, -0.15) is 0 Å². The lowest BCUT2D eigenvalue weighted by Crippen LogP contribution is -2.15. The van der Waals surface area contributed by atoms with Crippen LogP contribution >= 0.6 is 11.8 Å². The number of H-pyrrole nitrogens is 1. The molecule has 0 saturated heterocycles. The predicted molar refractivity (Wildman–Crippen MR) is 120 cm³/mol. The second kappa shape index (κ2) is 9.71. The number of nitrogens with zero attached hydrogens (tertiary/aromatic N) is 1. The van der Waals surface area contributed by atoms with Gasteiger partial charge in [0, 0.05) is 17.3 Å². The summed E-state index contributed by atoms with van der Waals surface area (Å²) < 4.78 is 0. The van der Waals surface area contributed by atoms with Crippen molar-refractivity contribution >= 4 is 41.0 Å². The molecule has 152 valence electrons. The van der Waals surface area contributed by atoms with Crippen LogP contribution in [-0.4, -0.2) is 27.4 Å². The Morgan fingerprint density at radius 1 is 1.13 bits per heavy atom. The highest BCUT2D eigenvalue weighted by molar-refractivity contribution is 7.99. The molecular formula is C22H20N4O3S. The molecule has 4 N–H and O–H groups in total. The number of nitrogen functional groups attached to an aromatic ring is 1. The fourth-order valence-corrected chi connectivity index (χ4v) is 3.20. The number of allylic oxidation sites excluding steroid dienone is 1. The zero-order chi connectivity index (χ0) is 21.5. The molecule has 0 fully saturated rings. The number of aromatic amines is 1. The fourth-order valence-electron chi connectivity index (χ4n) is 2.52. The van der Waals surface area contributed by atoms with E-state index < -0.39 is 0 Å². The second-order valence-electron chi connectivity index (χ2n) is 6.50. The molecule has 8 heteroatoms. The van der Waals surface area contributed by atoms with E-state index in [1.165, 1.54) is 12.1 Å². The van der Waals surface area contributed by atoms with E-state index >= 15 is 0 Å². The first-order valence-electron chi connectivity index (χ1n) is 9.08. The lowest BCUT2D eigenvalue weighted by molar-refractivity contribution is -0.113. The van der Waals surface area contributed by atoms with Crippen LogP contribution in [0, 0.1) is 6.92 Å². The van der Waals surface area contributed by atoms with Crippen molar-refractivity contribution in [3.8, 4) is 0 Å². The summed E-state index contributed by atoms with van der Waals surface area (Å²) in [6, 6.07) is 15.7. The van der Waals surface area contributed by atoms with Gasteiger partial charge in [0.1, 0.15) is 5.82 Å². The van der Waals surface area contributed by atoms with Gasteiger partial charge in [0.2, 0.25) is 5.91 Å². The van der Waals surface area contributed by atoms with Crippen LogP contribution in [0.25, 0.3) is 6.08 Å². The number of benzene rings is 2. The van der Waals surface area contributed by atoms with Gasteiger partial charge in [-0.15, -0.1) is 0 Å². The van der Waals surface area contributed by atoms with Crippen LogP contribution in [0.15, 0.2) is 70.6 Å². The Morgan fingerprint density at radius 3 is 2.50 bits per heavy atom. The maximum atomic E-state index is 12.3. The first kappa shape index (κ1) is 21.1. The summed E-state index contributed by atoms with van der Waals surface area (Å²) in [6.07, 6.45) is 3.29. The monoisotopic (exact) mass is 420 g/mol. The Kier molecular flexibility index (Phi) is 6.82. The normalized spacial score (nSPS) is 10.8. The number of nitrogens with one attached hydrogen (secondary N) is 2. The van der Waals surface area contributed by atoms with Gasteiger partial charge in [-0.05, 0) is 42.8 Å². The van der Waals surface area contributed by atoms with E-state index in [4.69, 9.17) is 5.73 Å². The molecule has 0 aliphatic rings. The van der Waals surface area contributed by atoms with E-state index in [-0.39, 0.29) is 34.0 Å². The minimum Gasteiger partial charge on any atom is -0.383 e. The van der Waals surface area contributed by atoms with Gasteiger partial charge in [-0.1, -0.05) is 47.7 Å². The van der Waals surface area contributed by atoms with Gasteiger partial charge in [0.15, 0.2) is 10.9 Å². The fraction of sp³-hybridized carbons (Fsp3) is 0.0909. The Morgan fingerprint density at radius 2 is 1.83 bits per heavy atom. The van der Waals surface area contributed by atoms with Gasteiger partial charge >= 0.3 is 0 Å². The largest absolute Gasteiger partial charge is 0.383 e. The molecular weight excluding hydrogens is 400 g/mol. The molecule has 0 saturated carbocycles. The van der Waals surface area contributed by atoms with E-state index in [1.54, 1.807) is 30.3 Å². The number of hydrogen-bond donors (Lipinski definition) is 3. The standard InChI is InChI=1S/C22H20N4O3S/c1-14-2-4-15(5-3-14)6-11-18(27)16-7-9-17(10-8-16)24-21(29)13-30-22-25-19(23)12-20(28)26-22/h2-12H,13H2,1H3,(H,24,29)(H3,23,25,26,28)/b11-6+. The summed E-state index contributed by atoms with van der Waals surface area (Å²) in [4.78, 5) is 42.2. The van der Waals surface area contributed by atoms with Crippen molar-refractivity contribution in [1.29, 1.82) is 0 Å². The van der Waals surface area contributed by atoms with E-state index in [2.05, 4.69) is 15.3 Å². The highest BCUT2D eigenvalue weighted by atomic mass is 32.2. The van der Waals surface area contributed by atoms with Gasteiger partial charge < -0.3 is 16.0 Å². The molecule has 0 atom stereocenters. The average molecular weight is 420 g/mol. The number of ketones is 1. The van der Waals surface area contributed by atoms with E-state index in [1.807, 2.05) is 31.2 Å². The summed E-state index contributed by atoms with van der Waals surface area (Å²) in [6.45, 7) is 2.01. The van der Waals surface area contributed by atoms with Gasteiger partial charge in [-0.25, -0.2) is 4.98 Å². The van der Waals surface area contributed by atoms with Crippen LogP contribution in [0.2, 0.25) is 0 Å². The third-order valence-electron chi connectivity index (χ3n) is 4.04. The van der Waals surface area contributed by atoms with Crippen LogP contribution in [0.5, 0.6) is 0 Å². The number of aromatic nitrogens is 2. The van der Waals surface area contributed by atoms with Gasteiger partial charge in [0.25, 0.3) is 5.56 Å². The van der Waals surface area contributed by atoms with Crippen molar-refractivity contribution in [1.82, 2.24) is 9.97 Å². The van der Waals surface area contributed by atoms with E-state index in [9.17, 15) is 14.4 Å². The maximum absolute atomic E-state index is 12.3. The zero-order valence-electron chi connectivity index (χ0n) is 16.2. The first-order chi connectivity index (χ1) is 14.4. The molecule has 2 aromatic carbocycles. The molecule has 7 nitrogen and oxygen atoms in total. The number of aryl methyl sites for hydroxylation is 1. The Hall–Kier alpha value is -3.65. The summed E-state index contributed by atoms with van der Waals surface area (Å²) >= 11 is 1.07. The number of thioether (sulfide) groups is 1. The summed E-state index contributed by atoms with van der Waals surface area (Å²) in [5, 5.41) is 3.01. The number of nitrogens with two attached hydrogens (primary N) is 1. The third-order valence-corrected chi connectivity index (χ3v) is 4.91. The number of anilines is 2. The van der Waals surface area contributed by atoms with Gasteiger partial charge in [-0.3, -0.25) is 14.4 Å². The molecule has 3 aromatic rings. The Bertz CT molecular complexity index is 1140. The highest BCUT2D eigenvalue weighted by Crippen LogP contribution is 2.15. The lowest BCUT2D eigenvalue weighted by atomic mass is 10.1. The molecule has 1 aromatic heterocycles. The van der Waals surface area contributed by atoms with E-state index in [0.717, 1.165) is 22.9 Å².